The highest BCUT2D eigenvalue weighted by Gasteiger charge is 2.31. The van der Waals surface area contributed by atoms with Gasteiger partial charge in [-0.25, -0.2) is 0 Å². The van der Waals surface area contributed by atoms with Crippen LogP contribution in [0.1, 0.15) is 26.7 Å². The van der Waals surface area contributed by atoms with E-state index in [1.807, 2.05) is 0 Å². The SMILES string of the molecule is CO[C@H]1C[C@@H](OC(C)=O)C[C@@H](COC(C)=O)O1. The third-order valence-electron chi connectivity index (χ3n) is 2.39. The van der Waals surface area contributed by atoms with Crippen molar-refractivity contribution in [2.75, 3.05) is 13.7 Å². The average molecular weight is 246 g/mol. The van der Waals surface area contributed by atoms with E-state index in [2.05, 4.69) is 0 Å². The Labute approximate surface area is 100 Å². The summed E-state index contributed by atoms with van der Waals surface area (Å²) in [5.41, 5.74) is 0. The molecule has 0 aromatic heterocycles. The maximum atomic E-state index is 10.9. The van der Waals surface area contributed by atoms with Gasteiger partial charge in [0, 0.05) is 33.8 Å². The maximum absolute atomic E-state index is 10.9. The van der Waals surface area contributed by atoms with Crippen LogP contribution in [0.3, 0.4) is 0 Å². The Morgan fingerprint density at radius 3 is 2.47 bits per heavy atom. The van der Waals surface area contributed by atoms with Gasteiger partial charge in [-0.3, -0.25) is 9.59 Å². The molecule has 0 spiro atoms. The highest BCUT2D eigenvalue weighted by molar-refractivity contribution is 5.66. The molecule has 1 aliphatic heterocycles. The van der Waals surface area contributed by atoms with Gasteiger partial charge in [-0.15, -0.1) is 0 Å². The zero-order chi connectivity index (χ0) is 12.8. The van der Waals surface area contributed by atoms with Gasteiger partial charge in [0.05, 0.1) is 6.10 Å². The van der Waals surface area contributed by atoms with Crippen molar-refractivity contribution in [2.45, 2.75) is 45.2 Å². The van der Waals surface area contributed by atoms with Crippen molar-refractivity contribution in [3.05, 3.63) is 0 Å². The van der Waals surface area contributed by atoms with Crippen LogP contribution in [0.15, 0.2) is 0 Å². The van der Waals surface area contributed by atoms with Crippen molar-refractivity contribution >= 4 is 11.9 Å². The fourth-order valence-electron chi connectivity index (χ4n) is 1.73. The lowest BCUT2D eigenvalue weighted by Gasteiger charge is -2.33. The molecule has 0 N–H and O–H groups in total. The molecule has 1 heterocycles. The Hall–Kier alpha value is -1.14. The summed E-state index contributed by atoms with van der Waals surface area (Å²) in [7, 11) is 1.52. The number of carbonyl (C=O) groups is 2. The summed E-state index contributed by atoms with van der Waals surface area (Å²) in [6, 6.07) is 0. The third kappa shape index (κ3) is 5.14. The summed E-state index contributed by atoms with van der Waals surface area (Å²) >= 11 is 0. The number of ether oxygens (including phenoxy) is 4. The first-order chi connectivity index (χ1) is 8.01. The van der Waals surface area contributed by atoms with Crippen molar-refractivity contribution in [3.8, 4) is 0 Å². The number of carbonyl (C=O) groups excluding carboxylic acids is 2. The number of hydrogen-bond acceptors (Lipinski definition) is 6. The molecule has 1 aliphatic rings. The minimum Gasteiger partial charge on any atom is -0.463 e. The molecule has 17 heavy (non-hydrogen) atoms. The van der Waals surface area contributed by atoms with E-state index in [1.54, 1.807) is 0 Å². The number of methoxy groups -OCH3 is 1. The normalized spacial score (nSPS) is 28.5. The highest BCUT2D eigenvalue weighted by atomic mass is 16.7. The van der Waals surface area contributed by atoms with E-state index < -0.39 is 6.29 Å². The number of hydrogen-bond donors (Lipinski definition) is 0. The maximum Gasteiger partial charge on any atom is 0.302 e. The second-order valence-corrected chi connectivity index (χ2v) is 3.93. The molecule has 1 rings (SSSR count). The average Bonchev–Trinajstić information content (AvgIpc) is 2.25. The lowest BCUT2D eigenvalue weighted by molar-refractivity contribution is -0.220. The van der Waals surface area contributed by atoms with Crippen LogP contribution in [-0.2, 0) is 28.5 Å². The largest absolute Gasteiger partial charge is 0.463 e. The Kier molecular flexibility index (Phi) is 5.37. The van der Waals surface area contributed by atoms with E-state index in [4.69, 9.17) is 18.9 Å². The first-order valence-corrected chi connectivity index (χ1v) is 5.50. The second-order valence-electron chi connectivity index (χ2n) is 3.93. The number of esters is 2. The first-order valence-electron chi connectivity index (χ1n) is 5.50. The standard InChI is InChI=1S/C11H18O6/c1-7(12)15-6-10-4-9(16-8(2)13)5-11(14-3)17-10/h9-11H,4-6H2,1-3H3/t9-,10-,11+/m0/s1. The molecule has 0 radical (unpaired) electrons. The molecule has 0 bridgehead atoms. The van der Waals surface area contributed by atoms with Crippen molar-refractivity contribution in [1.29, 1.82) is 0 Å². The Bertz CT molecular complexity index is 277. The van der Waals surface area contributed by atoms with Crippen LogP contribution in [0, 0.1) is 0 Å². The lowest BCUT2D eigenvalue weighted by atomic mass is 10.1. The lowest BCUT2D eigenvalue weighted by Crippen LogP contribution is -2.40. The predicted octanol–water partition coefficient (Wildman–Crippen LogP) is 0.633. The monoisotopic (exact) mass is 246 g/mol. The molecule has 0 aromatic carbocycles. The Morgan fingerprint density at radius 2 is 1.94 bits per heavy atom. The predicted molar refractivity (Wildman–Crippen MR) is 57.1 cm³/mol. The third-order valence-corrected chi connectivity index (χ3v) is 2.39. The fourth-order valence-corrected chi connectivity index (χ4v) is 1.73. The van der Waals surface area contributed by atoms with E-state index in [9.17, 15) is 9.59 Å². The zero-order valence-corrected chi connectivity index (χ0v) is 10.3. The molecule has 1 saturated heterocycles. The van der Waals surface area contributed by atoms with Crippen LogP contribution < -0.4 is 0 Å². The first kappa shape index (κ1) is 13.9. The summed E-state index contributed by atoms with van der Waals surface area (Å²) in [6.07, 6.45) is 0.00157. The van der Waals surface area contributed by atoms with Crippen molar-refractivity contribution < 1.29 is 28.5 Å². The van der Waals surface area contributed by atoms with Crippen LogP contribution in [0.25, 0.3) is 0 Å². The summed E-state index contributed by atoms with van der Waals surface area (Å²) in [5, 5.41) is 0. The topological polar surface area (TPSA) is 71.1 Å². The molecule has 0 aliphatic carbocycles. The Morgan fingerprint density at radius 1 is 1.24 bits per heavy atom. The molecule has 6 heteroatoms. The van der Waals surface area contributed by atoms with Gasteiger partial charge in [0.2, 0.25) is 0 Å². The second kappa shape index (κ2) is 6.56. The van der Waals surface area contributed by atoms with E-state index >= 15 is 0 Å². The molecule has 6 nitrogen and oxygen atoms in total. The van der Waals surface area contributed by atoms with E-state index in [-0.39, 0.29) is 30.8 Å². The van der Waals surface area contributed by atoms with E-state index in [0.29, 0.717) is 12.8 Å². The van der Waals surface area contributed by atoms with Gasteiger partial charge in [-0.2, -0.15) is 0 Å². The van der Waals surface area contributed by atoms with Crippen LogP contribution in [0.5, 0.6) is 0 Å². The molecule has 0 aromatic rings. The minimum atomic E-state index is -0.436. The van der Waals surface area contributed by atoms with E-state index in [1.165, 1.54) is 21.0 Å². The van der Waals surface area contributed by atoms with Gasteiger partial charge in [0.1, 0.15) is 12.7 Å². The zero-order valence-electron chi connectivity index (χ0n) is 10.3. The molecular formula is C11H18O6. The smallest absolute Gasteiger partial charge is 0.302 e. The molecule has 3 atom stereocenters. The molecule has 0 amide bonds. The van der Waals surface area contributed by atoms with Crippen LogP contribution in [0.2, 0.25) is 0 Å². The molecule has 0 unspecified atom stereocenters. The summed E-state index contributed by atoms with van der Waals surface area (Å²) in [6.45, 7) is 2.84. The van der Waals surface area contributed by atoms with Gasteiger partial charge in [0.25, 0.3) is 0 Å². The van der Waals surface area contributed by atoms with Gasteiger partial charge in [0.15, 0.2) is 6.29 Å². The van der Waals surface area contributed by atoms with Crippen LogP contribution >= 0.6 is 0 Å². The quantitative estimate of drug-likeness (QED) is 0.678. The van der Waals surface area contributed by atoms with Gasteiger partial charge in [-0.05, 0) is 0 Å². The van der Waals surface area contributed by atoms with Crippen molar-refractivity contribution in [1.82, 2.24) is 0 Å². The van der Waals surface area contributed by atoms with Gasteiger partial charge in [-0.1, -0.05) is 0 Å². The molecule has 1 fully saturated rings. The summed E-state index contributed by atoms with van der Waals surface area (Å²) in [5.74, 6) is -0.699. The molecule has 0 saturated carbocycles. The van der Waals surface area contributed by atoms with Crippen LogP contribution in [-0.4, -0.2) is 44.2 Å². The van der Waals surface area contributed by atoms with Crippen molar-refractivity contribution in [3.63, 3.8) is 0 Å². The summed E-state index contributed by atoms with van der Waals surface area (Å²) < 4.78 is 20.6. The fraction of sp³-hybridized carbons (Fsp3) is 0.818. The Balaban J connectivity index is 2.47. The van der Waals surface area contributed by atoms with Crippen molar-refractivity contribution in [2.24, 2.45) is 0 Å². The molecule has 98 valence electrons. The summed E-state index contributed by atoms with van der Waals surface area (Å²) in [4.78, 5) is 21.6. The van der Waals surface area contributed by atoms with Gasteiger partial charge < -0.3 is 18.9 Å². The highest BCUT2D eigenvalue weighted by Crippen LogP contribution is 2.23. The number of rotatable bonds is 4. The molecular weight excluding hydrogens is 228 g/mol. The van der Waals surface area contributed by atoms with Gasteiger partial charge >= 0.3 is 11.9 Å². The minimum absolute atomic E-state index is 0.146. The van der Waals surface area contributed by atoms with Crippen LogP contribution in [0.4, 0.5) is 0 Å². The van der Waals surface area contributed by atoms with E-state index in [0.717, 1.165) is 0 Å².